The van der Waals surface area contributed by atoms with E-state index in [4.69, 9.17) is 0 Å². The summed E-state index contributed by atoms with van der Waals surface area (Å²) in [6.07, 6.45) is 0.460. The van der Waals surface area contributed by atoms with E-state index in [0.717, 1.165) is 10.6 Å². The van der Waals surface area contributed by atoms with E-state index in [9.17, 15) is 19.1 Å². The first-order valence-electron chi connectivity index (χ1n) is 8.77. The van der Waals surface area contributed by atoms with E-state index in [1.807, 2.05) is 24.3 Å². The number of aliphatic hydroxyl groups is 1. The van der Waals surface area contributed by atoms with Crippen LogP contribution in [0.4, 0.5) is 10.1 Å². The molecule has 2 N–H and O–H groups in total. The quantitative estimate of drug-likeness (QED) is 0.851. The Hall–Kier alpha value is -2.38. The van der Waals surface area contributed by atoms with Crippen LogP contribution in [0, 0.1) is 5.82 Å². The maximum absolute atomic E-state index is 13.1. The first-order chi connectivity index (χ1) is 12.9. The molecule has 140 valence electrons. The molecule has 0 spiro atoms. The first kappa shape index (κ1) is 18.0. The van der Waals surface area contributed by atoms with Crippen molar-refractivity contribution in [2.45, 2.75) is 28.6 Å². The number of anilines is 1. The Kier molecular flexibility index (Phi) is 4.65. The molecule has 0 saturated carbocycles. The number of hydrogen-bond acceptors (Lipinski definition) is 4. The van der Waals surface area contributed by atoms with Gasteiger partial charge in [0.05, 0.1) is 17.5 Å². The number of likely N-dealkylation sites (tertiary alicyclic amines) is 1. The van der Waals surface area contributed by atoms with Crippen molar-refractivity contribution in [3.63, 3.8) is 0 Å². The molecule has 2 aliphatic rings. The molecule has 0 aromatic heterocycles. The fourth-order valence-electron chi connectivity index (χ4n) is 3.52. The molecule has 2 aliphatic heterocycles. The molecule has 7 heteroatoms. The van der Waals surface area contributed by atoms with Crippen LogP contribution in [-0.4, -0.2) is 40.2 Å². The number of thioether (sulfide) groups is 1. The molecule has 1 saturated heterocycles. The second kappa shape index (κ2) is 6.98. The number of halogens is 1. The average molecular weight is 386 g/mol. The van der Waals surface area contributed by atoms with Crippen molar-refractivity contribution < 1.29 is 19.1 Å². The lowest BCUT2D eigenvalue weighted by Crippen LogP contribution is -2.38. The molecule has 2 atom stereocenters. The molecule has 0 unspecified atom stereocenters. The molecular formula is C20H19FN2O3S. The number of carbonyl (C=O) groups is 2. The number of amides is 2. The summed E-state index contributed by atoms with van der Waals surface area (Å²) in [5.41, 5.74) is 0.179. The SMILES string of the molecule is O=C1Nc2ccccc2S[C@H]1CC(=O)N1CC[C@](O)(c2ccc(F)cc2)C1. The van der Waals surface area contributed by atoms with Crippen LogP contribution in [0.3, 0.4) is 0 Å². The number of rotatable bonds is 3. The van der Waals surface area contributed by atoms with E-state index in [-0.39, 0.29) is 30.6 Å². The van der Waals surface area contributed by atoms with Gasteiger partial charge in [-0.25, -0.2) is 4.39 Å². The summed E-state index contributed by atoms with van der Waals surface area (Å²) >= 11 is 1.39. The summed E-state index contributed by atoms with van der Waals surface area (Å²) in [5, 5.41) is 13.2. The first-order valence-corrected chi connectivity index (χ1v) is 9.65. The van der Waals surface area contributed by atoms with E-state index in [1.165, 1.54) is 23.9 Å². The highest BCUT2D eigenvalue weighted by atomic mass is 32.2. The zero-order valence-corrected chi connectivity index (χ0v) is 15.3. The number of nitrogens with one attached hydrogen (secondary N) is 1. The Morgan fingerprint density at radius 3 is 2.78 bits per heavy atom. The van der Waals surface area contributed by atoms with Crippen molar-refractivity contribution in [1.29, 1.82) is 0 Å². The van der Waals surface area contributed by atoms with Gasteiger partial charge in [0.25, 0.3) is 0 Å². The Morgan fingerprint density at radius 1 is 1.26 bits per heavy atom. The van der Waals surface area contributed by atoms with Crippen molar-refractivity contribution in [3.8, 4) is 0 Å². The van der Waals surface area contributed by atoms with Gasteiger partial charge in [-0.05, 0) is 36.2 Å². The minimum Gasteiger partial charge on any atom is -0.383 e. The highest BCUT2D eigenvalue weighted by Gasteiger charge is 2.40. The summed E-state index contributed by atoms with van der Waals surface area (Å²) < 4.78 is 13.1. The van der Waals surface area contributed by atoms with Crippen LogP contribution < -0.4 is 5.32 Å². The summed E-state index contributed by atoms with van der Waals surface area (Å²) in [5.74, 6) is -0.714. The number of nitrogens with zero attached hydrogens (tertiary/aromatic N) is 1. The minimum absolute atomic E-state index is 0.0737. The van der Waals surface area contributed by atoms with Gasteiger partial charge in [0.1, 0.15) is 11.4 Å². The second-order valence-corrected chi connectivity index (χ2v) is 8.14. The van der Waals surface area contributed by atoms with Crippen LogP contribution in [-0.2, 0) is 15.2 Å². The normalized spacial score (nSPS) is 24.4. The zero-order valence-electron chi connectivity index (χ0n) is 14.5. The number of benzene rings is 2. The molecule has 2 aromatic carbocycles. The zero-order chi connectivity index (χ0) is 19.0. The van der Waals surface area contributed by atoms with Crippen LogP contribution in [0.25, 0.3) is 0 Å². The number of fused-ring (bicyclic) bond motifs is 1. The fourth-order valence-corrected chi connectivity index (χ4v) is 4.62. The topological polar surface area (TPSA) is 69.6 Å². The molecule has 4 rings (SSSR count). The Bertz CT molecular complexity index is 889. The monoisotopic (exact) mass is 386 g/mol. The van der Waals surface area contributed by atoms with Crippen LogP contribution in [0.5, 0.6) is 0 Å². The Balaban J connectivity index is 1.42. The average Bonchev–Trinajstić information content (AvgIpc) is 3.06. The maximum atomic E-state index is 13.1. The van der Waals surface area contributed by atoms with E-state index < -0.39 is 10.9 Å². The van der Waals surface area contributed by atoms with Crippen molar-refractivity contribution in [3.05, 3.63) is 59.9 Å². The number of para-hydroxylation sites is 1. The van der Waals surface area contributed by atoms with Crippen LogP contribution in [0.2, 0.25) is 0 Å². The third-order valence-electron chi connectivity index (χ3n) is 5.05. The molecular weight excluding hydrogens is 367 g/mol. The molecule has 2 heterocycles. The predicted molar refractivity (Wildman–Crippen MR) is 101 cm³/mol. The van der Waals surface area contributed by atoms with E-state index in [1.54, 1.807) is 17.0 Å². The van der Waals surface area contributed by atoms with Gasteiger partial charge in [-0.15, -0.1) is 11.8 Å². The molecule has 2 amide bonds. The van der Waals surface area contributed by atoms with Crippen LogP contribution >= 0.6 is 11.8 Å². The van der Waals surface area contributed by atoms with Gasteiger partial charge in [0, 0.05) is 17.9 Å². The predicted octanol–water partition coefficient (Wildman–Crippen LogP) is 2.75. The van der Waals surface area contributed by atoms with Crippen molar-refractivity contribution >= 4 is 29.3 Å². The smallest absolute Gasteiger partial charge is 0.238 e. The standard InChI is InChI=1S/C20H19FN2O3S/c21-14-7-5-13(6-8-14)20(26)9-10-23(12-20)18(24)11-17-19(25)22-15-3-1-2-4-16(15)27-17/h1-8,17,26H,9-12H2,(H,22,25)/t17-,20+/m0/s1. The van der Waals surface area contributed by atoms with Gasteiger partial charge in [0.15, 0.2) is 0 Å². The number of hydrogen-bond donors (Lipinski definition) is 2. The molecule has 27 heavy (non-hydrogen) atoms. The molecule has 2 aromatic rings. The lowest BCUT2D eigenvalue weighted by atomic mass is 9.93. The highest BCUT2D eigenvalue weighted by Crippen LogP contribution is 2.38. The molecule has 0 aliphatic carbocycles. The van der Waals surface area contributed by atoms with E-state index in [2.05, 4.69) is 5.32 Å². The van der Waals surface area contributed by atoms with E-state index in [0.29, 0.717) is 18.5 Å². The van der Waals surface area contributed by atoms with Crippen LogP contribution in [0.15, 0.2) is 53.4 Å². The highest BCUT2D eigenvalue weighted by molar-refractivity contribution is 8.01. The number of β-amino-alcohol motifs (C(OH)–C–C–N with tert-alkyl or cyclic N) is 1. The summed E-state index contributed by atoms with van der Waals surface area (Å²) in [6.45, 7) is 0.551. The lowest BCUT2D eigenvalue weighted by Gasteiger charge is -2.27. The third kappa shape index (κ3) is 3.57. The maximum Gasteiger partial charge on any atom is 0.238 e. The Morgan fingerprint density at radius 2 is 2.00 bits per heavy atom. The van der Waals surface area contributed by atoms with Crippen molar-refractivity contribution in [2.75, 3.05) is 18.4 Å². The van der Waals surface area contributed by atoms with Gasteiger partial charge in [-0.1, -0.05) is 24.3 Å². The summed E-state index contributed by atoms with van der Waals surface area (Å²) in [6, 6.07) is 13.2. The molecule has 5 nitrogen and oxygen atoms in total. The van der Waals surface area contributed by atoms with Crippen molar-refractivity contribution in [2.24, 2.45) is 0 Å². The largest absolute Gasteiger partial charge is 0.383 e. The van der Waals surface area contributed by atoms with Gasteiger partial charge >= 0.3 is 0 Å². The molecule has 0 radical (unpaired) electrons. The van der Waals surface area contributed by atoms with E-state index >= 15 is 0 Å². The number of carbonyl (C=O) groups excluding carboxylic acids is 2. The van der Waals surface area contributed by atoms with Gasteiger partial charge in [-0.3, -0.25) is 9.59 Å². The fraction of sp³-hybridized carbons (Fsp3) is 0.300. The summed E-state index contributed by atoms with van der Waals surface area (Å²) in [7, 11) is 0. The summed E-state index contributed by atoms with van der Waals surface area (Å²) in [4.78, 5) is 27.5. The minimum atomic E-state index is -1.18. The molecule has 1 fully saturated rings. The van der Waals surface area contributed by atoms with Crippen molar-refractivity contribution in [1.82, 2.24) is 4.90 Å². The second-order valence-electron chi connectivity index (χ2n) is 6.90. The third-order valence-corrected chi connectivity index (χ3v) is 6.32. The molecule has 0 bridgehead atoms. The van der Waals surface area contributed by atoms with Crippen LogP contribution in [0.1, 0.15) is 18.4 Å². The van der Waals surface area contributed by atoms with Gasteiger partial charge in [0.2, 0.25) is 11.8 Å². The lowest BCUT2D eigenvalue weighted by molar-refractivity contribution is -0.132. The Labute approximate surface area is 160 Å². The van der Waals surface area contributed by atoms with Gasteiger partial charge < -0.3 is 15.3 Å². The van der Waals surface area contributed by atoms with Gasteiger partial charge in [-0.2, -0.15) is 0 Å².